The molecule has 0 heterocycles. The number of carboxylic acids is 1. The van der Waals surface area contributed by atoms with E-state index in [9.17, 15) is 19.5 Å². The van der Waals surface area contributed by atoms with Crippen LogP contribution < -0.4 is 11.1 Å². The molecule has 0 aliphatic carbocycles. The number of unbranched alkanes of at least 4 members (excludes halogenated alkanes) is 21. The van der Waals surface area contributed by atoms with Crippen molar-refractivity contribution in [2.75, 3.05) is 6.54 Å². The molecule has 7 nitrogen and oxygen atoms in total. The topological polar surface area (TPSA) is 119 Å². The van der Waals surface area contributed by atoms with Gasteiger partial charge in [0.15, 0.2) is 0 Å². The summed E-state index contributed by atoms with van der Waals surface area (Å²) in [6.07, 6.45) is 35.5. The normalized spacial score (nSPS) is 12.8. The molecule has 2 unspecified atom stereocenters. The second kappa shape index (κ2) is 34.4. The van der Waals surface area contributed by atoms with Gasteiger partial charge >= 0.3 is 11.9 Å². The predicted molar refractivity (Wildman–Crippen MR) is 193 cm³/mol. The summed E-state index contributed by atoms with van der Waals surface area (Å²) in [5.74, 6) is -1.32. The molecule has 0 aliphatic rings. The van der Waals surface area contributed by atoms with Crippen LogP contribution in [0.4, 0.5) is 0 Å². The van der Waals surface area contributed by atoms with E-state index in [2.05, 4.69) is 31.3 Å². The van der Waals surface area contributed by atoms with E-state index in [0.29, 0.717) is 38.6 Å². The fourth-order valence-electron chi connectivity index (χ4n) is 5.83. The number of esters is 1. The van der Waals surface area contributed by atoms with Crippen molar-refractivity contribution in [2.24, 2.45) is 5.73 Å². The van der Waals surface area contributed by atoms with Crippen molar-refractivity contribution >= 4 is 17.8 Å². The SMILES string of the molecule is CCCCCCCCC/C=C\C(CCCCCCC(=O)NC(CCCN)C(=O)O)OC(=O)CCCCCCCCCCCCCC. The summed E-state index contributed by atoms with van der Waals surface area (Å²) in [4.78, 5) is 36.2. The largest absolute Gasteiger partial charge is 0.480 e. The first-order valence-electron chi connectivity index (χ1n) is 19.5. The molecule has 0 aromatic rings. The Balaban J connectivity index is 4.35. The lowest BCUT2D eigenvalue weighted by atomic mass is 10.0. The van der Waals surface area contributed by atoms with Gasteiger partial charge in [-0.3, -0.25) is 9.59 Å². The van der Waals surface area contributed by atoms with E-state index in [1.165, 1.54) is 109 Å². The standard InChI is InChI=1S/C39H74N2O5/c1-3-5-7-9-11-13-14-15-17-19-21-27-33-38(43)46-35(29-24-20-18-16-12-10-8-6-4-2)30-25-22-23-26-32-37(42)41-36(39(44)45)31-28-34-40/h24,29,35-36H,3-23,25-28,30-34,40H2,1-2H3,(H,41,42)(H,44,45)/b29-24-. The zero-order valence-corrected chi connectivity index (χ0v) is 30.2. The maximum Gasteiger partial charge on any atom is 0.326 e. The van der Waals surface area contributed by atoms with Gasteiger partial charge in [-0.25, -0.2) is 4.79 Å². The molecule has 0 fully saturated rings. The van der Waals surface area contributed by atoms with Crippen LogP contribution in [-0.4, -0.2) is 41.6 Å². The molecule has 0 radical (unpaired) electrons. The second-order valence-electron chi connectivity index (χ2n) is 13.3. The predicted octanol–water partition coefficient (Wildman–Crippen LogP) is 10.3. The zero-order chi connectivity index (χ0) is 33.9. The summed E-state index contributed by atoms with van der Waals surface area (Å²) in [5.41, 5.74) is 5.47. The van der Waals surface area contributed by atoms with Crippen molar-refractivity contribution in [3.8, 4) is 0 Å². The highest BCUT2D eigenvalue weighted by Gasteiger charge is 2.19. The van der Waals surface area contributed by atoms with Crippen molar-refractivity contribution in [3.63, 3.8) is 0 Å². The first-order valence-corrected chi connectivity index (χ1v) is 19.5. The lowest BCUT2D eigenvalue weighted by Crippen LogP contribution is -2.40. The average Bonchev–Trinajstić information content (AvgIpc) is 3.04. The quantitative estimate of drug-likeness (QED) is 0.0357. The van der Waals surface area contributed by atoms with Crippen LogP contribution in [0.2, 0.25) is 0 Å². The fraction of sp³-hybridized carbons (Fsp3) is 0.872. The minimum Gasteiger partial charge on any atom is -0.480 e. The number of amides is 1. The number of allylic oxidation sites excluding steroid dienone is 1. The maximum absolute atomic E-state index is 12.7. The Bertz CT molecular complexity index is 742. The Labute approximate surface area is 283 Å². The molecule has 0 aromatic heterocycles. The second-order valence-corrected chi connectivity index (χ2v) is 13.3. The summed E-state index contributed by atoms with van der Waals surface area (Å²) in [5, 5.41) is 11.9. The molecule has 0 spiro atoms. The third-order valence-corrected chi connectivity index (χ3v) is 8.82. The van der Waals surface area contributed by atoms with Crippen molar-refractivity contribution in [2.45, 2.75) is 212 Å². The van der Waals surface area contributed by atoms with Crippen LogP contribution >= 0.6 is 0 Å². The number of aliphatic carboxylic acids is 1. The van der Waals surface area contributed by atoms with Crippen molar-refractivity contribution < 1.29 is 24.2 Å². The molecule has 270 valence electrons. The first-order chi connectivity index (χ1) is 22.4. The molecule has 0 bridgehead atoms. The van der Waals surface area contributed by atoms with Gasteiger partial charge in [0, 0.05) is 12.8 Å². The van der Waals surface area contributed by atoms with Gasteiger partial charge in [0.1, 0.15) is 12.1 Å². The molecule has 46 heavy (non-hydrogen) atoms. The third kappa shape index (κ3) is 30.7. The van der Waals surface area contributed by atoms with Crippen molar-refractivity contribution in [1.29, 1.82) is 0 Å². The molecule has 0 aliphatic heterocycles. The zero-order valence-electron chi connectivity index (χ0n) is 30.2. The van der Waals surface area contributed by atoms with Gasteiger partial charge in [-0.15, -0.1) is 0 Å². The van der Waals surface area contributed by atoms with E-state index in [1.807, 2.05) is 0 Å². The highest BCUT2D eigenvalue weighted by molar-refractivity contribution is 5.83. The van der Waals surface area contributed by atoms with Crippen LogP contribution in [0.5, 0.6) is 0 Å². The lowest BCUT2D eigenvalue weighted by Gasteiger charge is -2.15. The Kier molecular flexibility index (Phi) is 33.0. The van der Waals surface area contributed by atoms with Gasteiger partial charge in [0.2, 0.25) is 5.91 Å². The summed E-state index contributed by atoms with van der Waals surface area (Å²) < 4.78 is 5.91. The third-order valence-electron chi connectivity index (χ3n) is 8.82. The lowest BCUT2D eigenvalue weighted by molar-refractivity contribution is -0.147. The van der Waals surface area contributed by atoms with Crippen LogP contribution in [0.1, 0.15) is 200 Å². The van der Waals surface area contributed by atoms with Gasteiger partial charge < -0.3 is 20.9 Å². The number of nitrogens with two attached hydrogens (primary N) is 1. The van der Waals surface area contributed by atoms with E-state index in [1.54, 1.807) is 0 Å². The van der Waals surface area contributed by atoms with Crippen molar-refractivity contribution in [3.05, 3.63) is 12.2 Å². The molecule has 4 N–H and O–H groups in total. The van der Waals surface area contributed by atoms with Crippen molar-refractivity contribution in [1.82, 2.24) is 5.32 Å². The number of rotatable bonds is 35. The number of nitrogens with one attached hydrogen (secondary N) is 1. The van der Waals surface area contributed by atoms with E-state index in [-0.39, 0.29) is 18.0 Å². The Morgan fingerprint density at radius 2 is 1.11 bits per heavy atom. The molecular formula is C39H74N2O5. The summed E-state index contributed by atoms with van der Waals surface area (Å²) >= 11 is 0. The number of carbonyl (C=O) groups is 3. The maximum atomic E-state index is 12.7. The molecule has 0 aromatic carbocycles. The first kappa shape index (κ1) is 44.1. The van der Waals surface area contributed by atoms with Gasteiger partial charge in [0.25, 0.3) is 0 Å². The number of carbonyl (C=O) groups excluding carboxylic acids is 2. The fourth-order valence-corrected chi connectivity index (χ4v) is 5.83. The number of carboxylic acid groups (broad SMARTS) is 1. The average molecular weight is 651 g/mol. The van der Waals surface area contributed by atoms with Gasteiger partial charge in [-0.05, 0) is 64.0 Å². The Morgan fingerprint density at radius 3 is 1.63 bits per heavy atom. The van der Waals surface area contributed by atoms with E-state index in [0.717, 1.165) is 44.9 Å². The number of ether oxygens (including phenoxy) is 1. The van der Waals surface area contributed by atoms with E-state index < -0.39 is 12.0 Å². The van der Waals surface area contributed by atoms with Crippen LogP contribution in [-0.2, 0) is 19.1 Å². The molecule has 0 saturated heterocycles. The van der Waals surface area contributed by atoms with Gasteiger partial charge in [-0.1, -0.05) is 142 Å². The van der Waals surface area contributed by atoms with Crippen LogP contribution in [0.15, 0.2) is 12.2 Å². The summed E-state index contributed by atoms with van der Waals surface area (Å²) in [6, 6.07) is -0.866. The van der Waals surface area contributed by atoms with E-state index in [4.69, 9.17) is 10.5 Å². The van der Waals surface area contributed by atoms with Crippen LogP contribution in [0, 0.1) is 0 Å². The Morgan fingerprint density at radius 1 is 0.630 bits per heavy atom. The van der Waals surface area contributed by atoms with Gasteiger partial charge in [0.05, 0.1) is 0 Å². The molecule has 1 amide bonds. The number of hydrogen-bond acceptors (Lipinski definition) is 5. The Hall–Kier alpha value is -1.89. The van der Waals surface area contributed by atoms with Crippen LogP contribution in [0.3, 0.4) is 0 Å². The molecule has 7 heteroatoms. The summed E-state index contributed by atoms with van der Waals surface area (Å²) in [7, 11) is 0. The highest BCUT2D eigenvalue weighted by Crippen LogP contribution is 2.16. The smallest absolute Gasteiger partial charge is 0.326 e. The minimum atomic E-state index is -1.01. The molecule has 0 rings (SSSR count). The van der Waals surface area contributed by atoms with Crippen LogP contribution in [0.25, 0.3) is 0 Å². The number of hydrogen-bond donors (Lipinski definition) is 3. The molecular weight excluding hydrogens is 576 g/mol. The molecule has 2 atom stereocenters. The minimum absolute atomic E-state index is 0.0862. The monoisotopic (exact) mass is 651 g/mol. The molecule has 0 saturated carbocycles. The highest BCUT2D eigenvalue weighted by atomic mass is 16.5. The van der Waals surface area contributed by atoms with Gasteiger partial charge in [-0.2, -0.15) is 0 Å². The van der Waals surface area contributed by atoms with E-state index >= 15 is 0 Å². The summed E-state index contributed by atoms with van der Waals surface area (Å²) in [6.45, 7) is 4.92.